The summed E-state index contributed by atoms with van der Waals surface area (Å²) < 4.78 is 11.6. The molecule has 2 saturated carbocycles. The van der Waals surface area contributed by atoms with Crippen LogP contribution in [0.5, 0.6) is 0 Å². The fourth-order valence-corrected chi connectivity index (χ4v) is 4.65. The molecule has 0 aliphatic heterocycles. The summed E-state index contributed by atoms with van der Waals surface area (Å²) in [6.45, 7) is 12.2. The molecule has 26 heavy (non-hydrogen) atoms. The Kier molecular flexibility index (Phi) is 6.11. The molecule has 0 unspecified atom stereocenters. The fraction of sp³-hybridized carbons (Fsp3) is 0.905. The molecule has 5 heteroatoms. The molecule has 2 fully saturated rings. The fourth-order valence-electron chi connectivity index (χ4n) is 4.65. The number of ether oxygens (including phenoxy) is 2. The van der Waals surface area contributed by atoms with E-state index < -0.39 is 0 Å². The zero-order valence-corrected chi connectivity index (χ0v) is 17.8. The number of nitrogens with zero attached hydrogens (tertiary/aromatic N) is 1. The van der Waals surface area contributed by atoms with Crippen LogP contribution in [0.25, 0.3) is 0 Å². The zero-order chi connectivity index (χ0) is 19.8. The highest BCUT2D eigenvalue weighted by Crippen LogP contribution is 2.66. The second-order valence-corrected chi connectivity index (χ2v) is 10.2. The van der Waals surface area contributed by atoms with Crippen LogP contribution in [-0.2, 0) is 19.1 Å². The quantitative estimate of drug-likeness (QED) is 0.487. The second kappa shape index (κ2) is 7.49. The van der Waals surface area contributed by atoms with Gasteiger partial charge in [-0.15, -0.1) is 0 Å². The maximum absolute atomic E-state index is 12.4. The SMILES string of the molecule is CC(C)COC(=O)C[N+](C)(C)CCC(=O)O[C@H]1C[C@@H]2CC[C@]1(C)C2(C)C. The molecule has 0 radical (unpaired) electrons. The summed E-state index contributed by atoms with van der Waals surface area (Å²) in [5, 5.41) is 0. The number of quaternary nitrogens is 1. The van der Waals surface area contributed by atoms with Gasteiger partial charge in [0.25, 0.3) is 0 Å². The van der Waals surface area contributed by atoms with Gasteiger partial charge >= 0.3 is 11.9 Å². The Morgan fingerprint density at radius 1 is 1.15 bits per heavy atom. The molecule has 2 aliphatic rings. The lowest BCUT2D eigenvalue weighted by atomic mass is 9.70. The molecule has 2 aliphatic carbocycles. The number of rotatable bonds is 8. The summed E-state index contributed by atoms with van der Waals surface area (Å²) in [4.78, 5) is 24.4. The van der Waals surface area contributed by atoms with Crippen LogP contribution in [0.2, 0.25) is 0 Å². The van der Waals surface area contributed by atoms with Gasteiger partial charge in [-0.3, -0.25) is 4.79 Å². The lowest BCUT2D eigenvalue weighted by Gasteiger charge is -2.38. The number of carbonyl (C=O) groups is 2. The Balaban J connectivity index is 1.79. The van der Waals surface area contributed by atoms with Crippen molar-refractivity contribution in [1.82, 2.24) is 0 Å². The molecule has 0 spiro atoms. The van der Waals surface area contributed by atoms with Gasteiger partial charge in [0, 0.05) is 5.41 Å². The lowest BCUT2D eigenvalue weighted by Crippen LogP contribution is -2.46. The van der Waals surface area contributed by atoms with E-state index in [1.54, 1.807) is 0 Å². The first-order chi connectivity index (χ1) is 11.9. The van der Waals surface area contributed by atoms with Crippen molar-refractivity contribution >= 4 is 11.9 Å². The second-order valence-electron chi connectivity index (χ2n) is 10.2. The standard InChI is InChI=1S/C21H38NO4/c1-15(2)14-25-19(24)13-22(6,7)11-9-18(23)26-17-12-16-8-10-21(17,5)20(16,3)4/h15-17H,8-14H2,1-7H3/q+1/t16-,17-,21-/m0/s1. The molecule has 0 heterocycles. The van der Waals surface area contributed by atoms with Crippen LogP contribution in [0.4, 0.5) is 0 Å². The third-order valence-electron chi connectivity index (χ3n) is 7.04. The summed E-state index contributed by atoms with van der Waals surface area (Å²) in [7, 11) is 3.90. The van der Waals surface area contributed by atoms with Crippen LogP contribution in [0.15, 0.2) is 0 Å². The third-order valence-corrected chi connectivity index (χ3v) is 7.04. The molecule has 0 N–H and O–H groups in total. The van der Waals surface area contributed by atoms with E-state index in [4.69, 9.17) is 9.47 Å². The average Bonchev–Trinajstić information content (AvgIpc) is 2.84. The van der Waals surface area contributed by atoms with Gasteiger partial charge in [0.15, 0.2) is 6.54 Å². The Morgan fingerprint density at radius 2 is 1.81 bits per heavy atom. The summed E-state index contributed by atoms with van der Waals surface area (Å²) in [6, 6.07) is 0. The molecule has 0 aromatic rings. The van der Waals surface area contributed by atoms with E-state index in [1.165, 1.54) is 6.42 Å². The van der Waals surface area contributed by atoms with Crippen molar-refractivity contribution in [2.75, 3.05) is 33.8 Å². The first kappa shape index (κ1) is 21.2. The molecular weight excluding hydrogens is 330 g/mol. The molecule has 2 rings (SSSR count). The molecule has 5 nitrogen and oxygen atoms in total. The van der Waals surface area contributed by atoms with E-state index in [1.807, 2.05) is 27.9 Å². The molecule has 3 atom stereocenters. The topological polar surface area (TPSA) is 52.6 Å². The first-order valence-corrected chi connectivity index (χ1v) is 10.0. The predicted octanol–water partition coefficient (Wildman–Crippen LogP) is 3.41. The highest BCUT2D eigenvalue weighted by Gasteiger charge is 2.62. The van der Waals surface area contributed by atoms with E-state index in [-0.39, 0.29) is 35.4 Å². The third kappa shape index (κ3) is 4.41. The van der Waals surface area contributed by atoms with E-state index in [2.05, 4.69) is 20.8 Å². The molecule has 0 amide bonds. The van der Waals surface area contributed by atoms with Gasteiger partial charge in [-0.25, -0.2) is 4.79 Å². The number of esters is 2. The van der Waals surface area contributed by atoms with Crippen molar-refractivity contribution in [2.45, 2.75) is 66.4 Å². The van der Waals surface area contributed by atoms with Crippen LogP contribution in [0.1, 0.15) is 60.3 Å². The maximum atomic E-state index is 12.4. The number of hydrogen-bond donors (Lipinski definition) is 0. The van der Waals surface area contributed by atoms with Crippen molar-refractivity contribution in [2.24, 2.45) is 22.7 Å². The van der Waals surface area contributed by atoms with Gasteiger partial charge in [-0.2, -0.15) is 0 Å². The highest BCUT2D eigenvalue weighted by molar-refractivity contribution is 5.71. The average molecular weight is 369 g/mol. The monoisotopic (exact) mass is 368 g/mol. The molecule has 0 saturated heterocycles. The normalized spacial score (nSPS) is 29.8. The predicted molar refractivity (Wildman–Crippen MR) is 101 cm³/mol. The van der Waals surface area contributed by atoms with Crippen LogP contribution in [0.3, 0.4) is 0 Å². The minimum Gasteiger partial charge on any atom is -0.462 e. The molecule has 2 bridgehead atoms. The number of carbonyl (C=O) groups excluding carboxylic acids is 2. The van der Waals surface area contributed by atoms with Gasteiger partial charge in [-0.1, -0.05) is 34.6 Å². The minimum atomic E-state index is -0.209. The Hall–Kier alpha value is -1.10. The maximum Gasteiger partial charge on any atom is 0.361 e. The van der Waals surface area contributed by atoms with Crippen molar-refractivity contribution < 1.29 is 23.5 Å². The number of fused-ring (bicyclic) bond motifs is 2. The van der Waals surface area contributed by atoms with Crippen LogP contribution in [0, 0.1) is 22.7 Å². The van der Waals surface area contributed by atoms with Crippen molar-refractivity contribution in [3.8, 4) is 0 Å². The van der Waals surface area contributed by atoms with Crippen molar-refractivity contribution in [3.63, 3.8) is 0 Å². The first-order valence-electron chi connectivity index (χ1n) is 10.0. The van der Waals surface area contributed by atoms with Crippen LogP contribution >= 0.6 is 0 Å². The number of hydrogen-bond acceptors (Lipinski definition) is 4. The molecule has 0 aromatic carbocycles. The van der Waals surface area contributed by atoms with Gasteiger partial charge in [0.05, 0.1) is 33.7 Å². The molecular formula is C21H38NO4+. The zero-order valence-electron chi connectivity index (χ0n) is 17.8. The Morgan fingerprint density at radius 3 is 2.31 bits per heavy atom. The van der Waals surface area contributed by atoms with Gasteiger partial charge < -0.3 is 14.0 Å². The highest BCUT2D eigenvalue weighted by atomic mass is 16.5. The summed E-state index contributed by atoms with van der Waals surface area (Å²) in [6.07, 6.45) is 3.76. The number of likely N-dealkylation sites (N-methyl/N-ethyl adjacent to an activating group) is 1. The largest absolute Gasteiger partial charge is 0.462 e. The van der Waals surface area contributed by atoms with E-state index in [9.17, 15) is 9.59 Å². The van der Waals surface area contributed by atoms with Gasteiger partial charge in [-0.05, 0) is 36.5 Å². The van der Waals surface area contributed by atoms with E-state index >= 15 is 0 Å². The Bertz CT molecular complexity index is 540. The van der Waals surface area contributed by atoms with Crippen LogP contribution < -0.4 is 0 Å². The molecule has 0 aromatic heterocycles. The van der Waals surface area contributed by atoms with E-state index in [0.717, 1.165) is 12.8 Å². The minimum absolute atomic E-state index is 0.0374. The summed E-state index contributed by atoms with van der Waals surface area (Å²) in [5.74, 6) is 0.644. The van der Waals surface area contributed by atoms with Gasteiger partial charge in [0.2, 0.25) is 0 Å². The van der Waals surface area contributed by atoms with Crippen molar-refractivity contribution in [1.29, 1.82) is 0 Å². The smallest absolute Gasteiger partial charge is 0.361 e. The van der Waals surface area contributed by atoms with Crippen LogP contribution in [-0.4, -0.2) is 56.3 Å². The molecule has 150 valence electrons. The van der Waals surface area contributed by atoms with E-state index in [0.29, 0.717) is 35.9 Å². The van der Waals surface area contributed by atoms with Gasteiger partial charge in [0.1, 0.15) is 6.10 Å². The summed E-state index contributed by atoms with van der Waals surface area (Å²) >= 11 is 0. The summed E-state index contributed by atoms with van der Waals surface area (Å²) in [5.41, 5.74) is 0.339. The lowest BCUT2D eigenvalue weighted by molar-refractivity contribution is -0.882. The van der Waals surface area contributed by atoms with Crippen molar-refractivity contribution in [3.05, 3.63) is 0 Å². The Labute approximate surface area is 159 Å².